The maximum Gasteiger partial charge on any atom is 0.0595 e. The molecule has 1 nitrogen and oxygen atoms in total. The lowest BCUT2D eigenvalue weighted by atomic mass is 10.00. The molecule has 0 amide bonds. The quantitative estimate of drug-likeness (QED) is 0.833. The maximum atomic E-state index is 6.19. The molecule has 0 bridgehead atoms. The number of benzene rings is 2. The third-order valence-electron chi connectivity index (χ3n) is 2.72. The molecule has 0 aromatic heterocycles. The van der Waals surface area contributed by atoms with Gasteiger partial charge in [0.1, 0.15) is 0 Å². The van der Waals surface area contributed by atoms with Crippen molar-refractivity contribution in [2.75, 3.05) is 0 Å². The van der Waals surface area contributed by atoms with Crippen LogP contribution in [0.15, 0.2) is 46.9 Å². The fraction of sp³-hybridized carbons (Fsp3) is 0.143. The summed E-state index contributed by atoms with van der Waals surface area (Å²) in [4.78, 5) is 0. The Morgan fingerprint density at radius 2 is 1.83 bits per heavy atom. The van der Waals surface area contributed by atoms with E-state index in [0.29, 0.717) is 10.0 Å². The number of hydrogen-bond donors (Lipinski definition) is 1. The van der Waals surface area contributed by atoms with E-state index < -0.39 is 0 Å². The molecule has 2 rings (SSSR count). The Labute approximate surface area is 125 Å². The molecule has 0 saturated carbocycles. The molecule has 4 heteroatoms. The Bertz CT molecular complexity index is 557. The molecule has 0 aliphatic heterocycles. The average Bonchev–Trinajstić information content (AvgIpc) is 2.34. The van der Waals surface area contributed by atoms with Crippen LogP contribution < -0.4 is 5.73 Å². The second-order valence-electron chi connectivity index (χ2n) is 4.11. The van der Waals surface area contributed by atoms with Crippen molar-refractivity contribution < 1.29 is 0 Å². The lowest BCUT2D eigenvalue weighted by Gasteiger charge is -2.13. The summed E-state index contributed by atoms with van der Waals surface area (Å²) >= 11 is 15.3. The summed E-state index contributed by atoms with van der Waals surface area (Å²) in [6.45, 7) is 0. The smallest absolute Gasteiger partial charge is 0.0595 e. The fourth-order valence-corrected chi connectivity index (χ4v) is 2.51. The maximum absolute atomic E-state index is 6.19. The summed E-state index contributed by atoms with van der Waals surface area (Å²) in [6, 6.07) is 13.6. The second kappa shape index (κ2) is 6.07. The van der Waals surface area contributed by atoms with Crippen LogP contribution in [0.3, 0.4) is 0 Å². The summed E-state index contributed by atoms with van der Waals surface area (Å²) in [5.41, 5.74) is 8.36. The van der Waals surface area contributed by atoms with Crippen molar-refractivity contribution in [3.05, 3.63) is 68.1 Å². The van der Waals surface area contributed by atoms with Gasteiger partial charge < -0.3 is 5.73 Å². The van der Waals surface area contributed by atoms with Crippen molar-refractivity contribution in [1.82, 2.24) is 0 Å². The van der Waals surface area contributed by atoms with E-state index in [9.17, 15) is 0 Å². The van der Waals surface area contributed by atoms with Gasteiger partial charge >= 0.3 is 0 Å². The molecular weight excluding hydrogens is 333 g/mol. The minimum atomic E-state index is -0.0558. The topological polar surface area (TPSA) is 26.0 Å². The van der Waals surface area contributed by atoms with Crippen LogP contribution in [0.5, 0.6) is 0 Å². The summed E-state index contributed by atoms with van der Waals surface area (Å²) in [6.07, 6.45) is 0.730. The normalized spacial score (nSPS) is 12.4. The standard InChI is InChI=1S/C14H12BrCl2N/c15-11-3-1-2-10(8-11)14(18)7-9-4-5-12(16)13(17)6-9/h1-6,8,14H,7,18H2. The molecule has 1 unspecified atom stereocenters. The van der Waals surface area contributed by atoms with Crippen molar-refractivity contribution in [3.63, 3.8) is 0 Å². The second-order valence-corrected chi connectivity index (χ2v) is 5.84. The highest BCUT2D eigenvalue weighted by Crippen LogP contribution is 2.25. The van der Waals surface area contributed by atoms with Crippen molar-refractivity contribution in [3.8, 4) is 0 Å². The first-order valence-electron chi connectivity index (χ1n) is 5.51. The zero-order valence-corrected chi connectivity index (χ0v) is 12.6. The van der Waals surface area contributed by atoms with Crippen LogP contribution in [-0.2, 0) is 6.42 Å². The molecule has 2 aromatic carbocycles. The Kier molecular flexibility index (Phi) is 4.68. The van der Waals surface area contributed by atoms with E-state index in [4.69, 9.17) is 28.9 Å². The van der Waals surface area contributed by atoms with Crippen LogP contribution in [0.1, 0.15) is 17.2 Å². The van der Waals surface area contributed by atoms with E-state index in [1.54, 1.807) is 6.07 Å². The lowest BCUT2D eigenvalue weighted by Crippen LogP contribution is -2.13. The van der Waals surface area contributed by atoms with Crippen LogP contribution >= 0.6 is 39.1 Å². The summed E-state index contributed by atoms with van der Waals surface area (Å²) < 4.78 is 1.03. The van der Waals surface area contributed by atoms with Crippen LogP contribution in [0.25, 0.3) is 0 Å². The number of hydrogen-bond acceptors (Lipinski definition) is 1. The Balaban J connectivity index is 2.16. The molecule has 2 aromatic rings. The highest BCUT2D eigenvalue weighted by atomic mass is 79.9. The largest absolute Gasteiger partial charge is 0.324 e. The Morgan fingerprint density at radius 1 is 1.06 bits per heavy atom. The van der Waals surface area contributed by atoms with E-state index in [2.05, 4.69) is 15.9 Å². The molecule has 0 spiro atoms. The lowest BCUT2D eigenvalue weighted by molar-refractivity contribution is 0.721. The first-order chi connectivity index (χ1) is 8.56. The van der Waals surface area contributed by atoms with Gasteiger partial charge in [0.05, 0.1) is 10.0 Å². The molecule has 18 heavy (non-hydrogen) atoms. The molecule has 1 atom stereocenters. The van der Waals surface area contributed by atoms with Crippen molar-refractivity contribution in [1.29, 1.82) is 0 Å². The van der Waals surface area contributed by atoms with Crippen LogP contribution in [-0.4, -0.2) is 0 Å². The van der Waals surface area contributed by atoms with Gasteiger partial charge in [0.25, 0.3) is 0 Å². The molecule has 0 heterocycles. The van der Waals surface area contributed by atoms with Crippen molar-refractivity contribution in [2.24, 2.45) is 5.73 Å². The molecule has 2 N–H and O–H groups in total. The Hall–Kier alpha value is -0.540. The van der Waals surface area contributed by atoms with E-state index in [0.717, 1.165) is 22.0 Å². The van der Waals surface area contributed by atoms with Gasteiger partial charge in [-0.3, -0.25) is 0 Å². The minimum Gasteiger partial charge on any atom is -0.324 e. The van der Waals surface area contributed by atoms with Gasteiger partial charge in [-0.25, -0.2) is 0 Å². The zero-order chi connectivity index (χ0) is 13.1. The SMILES string of the molecule is NC(Cc1ccc(Cl)c(Cl)c1)c1cccc(Br)c1. The van der Waals surface area contributed by atoms with Crippen LogP contribution in [0.4, 0.5) is 0 Å². The van der Waals surface area contributed by atoms with Gasteiger partial charge in [-0.15, -0.1) is 0 Å². The fourth-order valence-electron chi connectivity index (χ4n) is 1.78. The Morgan fingerprint density at radius 3 is 2.50 bits per heavy atom. The van der Waals surface area contributed by atoms with E-state index >= 15 is 0 Å². The monoisotopic (exact) mass is 343 g/mol. The van der Waals surface area contributed by atoms with Gasteiger partial charge in [0.2, 0.25) is 0 Å². The van der Waals surface area contributed by atoms with E-state index in [1.165, 1.54) is 0 Å². The minimum absolute atomic E-state index is 0.0558. The highest BCUT2D eigenvalue weighted by molar-refractivity contribution is 9.10. The third kappa shape index (κ3) is 3.48. The first kappa shape index (κ1) is 13.9. The predicted molar refractivity (Wildman–Crippen MR) is 81.2 cm³/mol. The number of rotatable bonds is 3. The number of halogens is 3. The molecule has 0 aliphatic carbocycles. The van der Waals surface area contributed by atoms with Crippen LogP contribution in [0.2, 0.25) is 10.0 Å². The predicted octanol–water partition coefficient (Wildman–Crippen LogP) is 5.00. The number of nitrogens with two attached hydrogens (primary N) is 1. The van der Waals surface area contributed by atoms with E-state index in [1.807, 2.05) is 36.4 Å². The zero-order valence-electron chi connectivity index (χ0n) is 9.54. The van der Waals surface area contributed by atoms with Gasteiger partial charge in [-0.1, -0.05) is 57.3 Å². The average molecular weight is 345 g/mol. The molecular formula is C14H12BrCl2N. The van der Waals surface area contributed by atoms with E-state index in [-0.39, 0.29) is 6.04 Å². The van der Waals surface area contributed by atoms with Gasteiger partial charge in [-0.2, -0.15) is 0 Å². The summed E-state index contributed by atoms with van der Waals surface area (Å²) in [5, 5.41) is 1.13. The van der Waals surface area contributed by atoms with Crippen molar-refractivity contribution in [2.45, 2.75) is 12.5 Å². The molecule has 0 radical (unpaired) electrons. The van der Waals surface area contributed by atoms with Gasteiger partial charge in [-0.05, 0) is 41.8 Å². The molecule has 0 aliphatic rings. The molecule has 94 valence electrons. The summed E-state index contributed by atoms with van der Waals surface area (Å²) in [5.74, 6) is 0. The van der Waals surface area contributed by atoms with Crippen LogP contribution in [0, 0.1) is 0 Å². The van der Waals surface area contributed by atoms with Crippen molar-refractivity contribution >= 4 is 39.1 Å². The summed E-state index contributed by atoms with van der Waals surface area (Å²) in [7, 11) is 0. The van der Waals surface area contributed by atoms with Gasteiger partial charge in [0.15, 0.2) is 0 Å². The molecule has 0 fully saturated rings. The van der Waals surface area contributed by atoms with Gasteiger partial charge in [0, 0.05) is 10.5 Å². The first-order valence-corrected chi connectivity index (χ1v) is 7.06. The molecule has 0 saturated heterocycles. The third-order valence-corrected chi connectivity index (χ3v) is 3.95. The highest BCUT2D eigenvalue weighted by Gasteiger charge is 2.08.